The third-order valence-corrected chi connectivity index (χ3v) is 5.41. The van der Waals surface area contributed by atoms with Gasteiger partial charge in [0.2, 0.25) is 0 Å². The highest BCUT2D eigenvalue weighted by Crippen LogP contribution is 2.28. The first-order chi connectivity index (χ1) is 12.9. The van der Waals surface area contributed by atoms with Gasteiger partial charge in [0.25, 0.3) is 5.56 Å². The number of aromatic nitrogens is 2. The lowest BCUT2D eigenvalue weighted by Gasteiger charge is -2.13. The van der Waals surface area contributed by atoms with Gasteiger partial charge in [0.1, 0.15) is 21.3 Å². The van der Waals surface area contributed by atoms with E-state index in [1.54, 1.807) is 32.0 Å². The van der Waals surface area contributed by atoms with Gasteiger partial charge < -0.3 is 15.0 Å². The van der Waals surface area contributed by atoms with Crippen molar-refractivity contribution in [2.24, 2.45) is 0 Å². The topological polar surface area (TPSA) is 84.1 Å². The molecule has 0 saturated heterocycles. The largest absolute Gasteiger partial charge is 0.462 e. The monoisotopic (exact) mass is 389 g/mol. The van der Waals surface area contributed by atoms with Crippen LogP contribution in [0, 0.1) is 12.7 Å². The molecule has 0 radical (unpaired) electrons. The van der Waals surface area contributed by atoms with E-state index in [1.165, 1.54) is 6.07 Å². The fourth-order valence-electron chi connectivity index (χ4n) is 2.76. The molecule has 0 aliphatic heterocycles. The van der Waals surface area contributed by atoms with Gasteiger partial charge in [0, 0.05) is 12.1 Å². The minimum Gasteiger partial charge on any atom is -0.462 e. The van der Waals surface area contributed by atoms with Crippen LogP contribution in [0.25, 0.3) is 10.2 Å². The average Bonchev–Trinajstić information content (AvgIpc) is 2.98. The Balaban J connectivity index is 1.88. The van der Waals surface area contributed by atoms with E-state index in [9.17, 15) is 14.0 Å². The Hall–Kier alpha value is -2.58. The highest BCUT2D eigenvalue weighted by Gasteiger charge is 2.21. The van der Waals surface area contributed by atoms with Crippen molar-refractivity contribution in [3.63, 3.8) is 0 Å². The molecule has 0 aliphatic carbocycles. The first-order valence-corrected chi connectivity index (χ1v) is 9.41. The minimum absolute atomic E-state index is 0.262. The van der Waals surface area contributed by atoms with E-state index in [2.05, 4.69) is 15.3 Å². The Kier molecular flexibility index (Phi) is 5.67. The fourth-order valence-corrected chi connectivity index (χ4v) is 3.84. The van der Waals surface area contributed by atoms with Crippen LogP contribution in [0.5, 0.6) is 0 Å². The third kappa shape index (κ3) is 3.91. The zero-order chi connectivity index (χ0) is 19.6. The molecule has 1 aromatic carbocycles. The van der Waals surface area contributed by atoms with Crippen molar-refractivity contribution in [2.45, 2.75) is 33.4 Å². The Morgan fingerprint density at radius 2 is 2.15 bits per heavy atom. The van der Waals surface area contributed by atoms with Gasteiger partial charge >= 0.3 is 5.97 Å². The normalized spacial score (nSPS) is 12.3. The molecule has 0 fully saturated rings. The number of rotatable bonds is 6. The number of halogens is 1. The molecule has 0 aliphatic rings. The lowest BCUT2D eigenvalue weighted by Crippen LogP contribution is -2.23. The molecule has 3 rings (SSSR count). The van der Waals surface area contributed by atoms with Gasteiger partial charge in [0.15, 0.2) is 0 Å². The number of aryl methyl sites for hydroxylation is 1. The molecular formula is C19H20FN3O3S. The molecule has 0 bridgehead atoms. The standard InChI is InChI=1S/C19H20FN3O3S/c1-4-26-19(25)15-10(2)14-17(24)22-16(23-18(14)27-15)11(3)21-9-12-7-5-6-8-13(12)20/h5-8,11,21H,4,9H2,1-3H3,(H,22,23,24)/t11-/m1/s1. The van der Waals surface area contributed by atoms with E-state index in [0.29, 0.717) is 38.6 Å². The van der Waals surface area contributed by atoms with E-state index in [-0.39, 0.29) is 24.0 Å². The Labute approximate surface area is 159 Å². The molecule has 2 N–H and O–H groups in total. The number of carbonyl (C=O) groups excluding carboxylic acids is 1. The SMILES string of the molecule is CCOC(=O)c1sc2nc([C@@H](C)NCc3ccccc3F)[nH]c(=O)c2c1C. The van der Waals surface area contributed by atoms with E-state index in [0.717, 1.165) is 11.3 Å². The molecule has 1 atom stereocenters. The van der Waals surface area contributed by atoms with Crippen LogP contribution in [0.15, 0.2) is 29.1 Å². The summed E-state index contributed by atoms with van der Waals surface area (Å²) in [7, 11) is 0. The number of nitrogens with one attached hydrogen (secondary N) is 2. The highest BCUT2D eigenvalue weighted by molar-refractivity contribution is 7.20. The van der Waals surface area contributed by atoms with Crippen LogP contribution >= 0.6 is 11.3 Å². The first-order valence-electron chi connectivity index (χ1n) is 8.59. The number of carbonyl (C=O) groups is 1. The molecule has 2 aromatic heterocycles. The number of hydrogen-bond acceptors (Lipinski definition) is 6. The Morgan fingerprint density at radius 1 is 1.41 bits per heavy atom. The van der Waals surface area contributed by atoms with Crippen LogP contribution in [0.1, 0.15) is 46.5 Å². The lowest BCUT2D eigenvalue weighted by molar-refractivity contribution is 0.0531. The number of esters is 1. The maximum Gasteiger partial charge on any atom is 0.348 e. The van der Waals surface area contributed by atoms with E-state index in [4.69, 9.17) is 4.74 Å². The molecule has 8 heteroatoms. The van der Waals surface area contributed by atoms with Gasteiger partial charge in [-0.1, -0.05) is 18.2 Å². The minimum atomic E-state index is -0.454. The molecule has 0 saturated carbocycles. The fraction of sp³-hybridized carbons (Fsp3) is 0.316. The van der Waals surface area contributed by atoms with Gasteiger partial charge in [-0.05, 0) is 32.4 Å². The smallest absolute Gasteiger partial charge is 0.348 e. The second-order valence-corrected chi connectivity index (χ2v) is 7.10. The maximum atomic E-state index is 13.7. The molecule has 0 unspecified atom stereocenters. The second kappa shape index (κ2) is 7.98. The van der Waals surface area contributed by atoms with Crippen molar-refractivity contribution < 1.29 is 13.9 Å². The van der Waals surface area contributed by atoms with Gasteiger partial charge in [-0.2, -0.15) is 0 Å². The number of fused-ring (bicyclic) bond motifs is 1. The van der Waals surface area contributed by atoms with E-state index >= 15 is 0 Å². The predicted molar refractivity (Wildman–Crippen MR) is 103 cm³/mol. The van der Waals surface area contributed by atoms with Crippen molar-refractivity contribution in [2.75, 3.05) is 6.61 Å². The van der Waals surface area contributed by atoms with Crippen LogP contribution in [0.4, 0.5) is 4.39 Å². The summed E-state index contributed by atoms with van der Waals surface area (Å²) in [6.45, 7) is 5.83. The van der Waals surface area contributed by atoms with E-state index in [1.807, 2.05) is 6.92 Å². The van der Waals surface area contributed by atoms with Gasteiger partial charge in [0.05, 0.1) is 18.0 Å². The molecule has 6 nitrogen and oxygen atoms in total. The number of ether oxygens (including phenoxy) is 1. The molecule has 3 aromatic rings. The van der Waals surface area contributed by atoms with Gasteiger partial charge in [-0.3, -0.25) is 4.79 Å². The molecule has 27 heavy (non-hydrogen) atoms. The summed E-state index contributed by atoms with van der Waals surface area (Å²) in [6.07, 6.45) is 0. The lowest BCUT2D eigenvalue weighted by atomic mass is 10.2. The summed E-state index contributed by atoms with van der Waals surface area (Å²) >= 11 is 1.14. The molecular weight excluding hydrogens is 369 g/mol. The van der Waals surface area contributed by atoms with Crippen LogP contribution in [0.3, 0.4) is 0 Å². The first kappa shape index (κ1) is 19.2. The number of aromatic amines is 1. The summed E-state index contributed by atoms with van der Waals surface area (Å²) < 4.78 is 18.8. The van der Waals surface area contributed by atoms with Crippen LogP contribution < -0.4 is 10.9 Å². The average molecular weight is 389 g/mol. The predicted octanol–water partition coefficient (Wildman–Crippen LogP) is 3.46. The molecule has 0 amide bonds. The van der Waals surface area contributed by atoms with Crippen molar-refractivity contribution in [1.82, 2.24) is 15.3 Å². The summed E-state index contributed by atoms with van der Waals surface area (Å²) in [6, 6.07) is 6.19. The molecule has 0 spiro atoms. The molecule has 2 heterocycles. The van der Waals surface area contributed by atoms with Gasteiger partial charge in [-0.25, -0.2) is 14.2 Å². The maximum absolute atomic E-state index is 13.7. The zero-order valence-corrected chi connectivity index (χ0v) is 16.1. The van der Waals surface area contributed by atoms with Crippen LogP contribution in [0.2, 0.25) is 0 Å². The van der Waals surface area contributed by atoms with Crippen molar-refractivity contribution in [3.05, 3.63) is 62.3 Å². The number of hydrogen-bond donors (Lipinski definition) is 2. The number of thiophene rings is 1. The summed E-state index contributed by atoms with van der Waals surface area (Å²) in [4.78, 5) is 32.7. The van der Waals surface area contributed by atoms with Gasteiger partial charge in [-0.15, -0.1) is 11.3 Å². The van der Waals surface area contributed by atoms with E-state index < -0.39 is 5.97 Å². The second-order valence-electron chi connectivity index (χ2n) is 6.10. The van der Waals surface area contributed by atoms with Crippen molar-refractivity contribution >= 4 is 27.5 Å². The van der Waals surface area contributed by atoms with Crippen LogP contribution in [-0.4, -0.2) is 22.5 Å². The number of H-pyrrole nitrogens is 1. The Bertz CT molecular complexity index is 1040. The van der Waals surface area contributed by atoms with Crippen LogP contribution in [-0.2, 0) is 11.3 Å². The number of nitrogens with zero attached hydrogens (tertiary/aromatic N) is 1. The molecule has 142 valence electrons. The van der Waals surface area contributed by atoms with Crippen molar-refractivity contribution in [3.8, 4) is 0 Å². The highest BCUT2D eigenvalue weighted by atomic mass is 32.1. The summed E-state index contributed by atoms with van der Waals surface area (Å²) in [5, 5.41) is 3.55. The Morgan fingerprint density at radius 3 is 2.85 bits per heavy atom. The summed E-state index contributed by atoms with van der Waals surface area (Å²) in [5.74, 6) is -0.313. The third-order valence-electron chi connectivity index (χ3n) is 4.25. The van der Waals surface area contributed by atoms with Crippen molar-refractivity contribution in [1.29, 1.82) is 0 Å². The quantitative estimate of drug-likeness (QED) is 0.631. The zero-order valence-electron chi connectivity index (χ0n) is 15.3. The number of benzene rings is 1. The summed E-state index contributed by atoms with van der Waals surface area (Å²) in [5.41, 5.74) is 0.795.